The van der Waals surface area contributed by atoms with Crippen molar-refractivity contribution in [3.63, 3.8) is 0 Å². The van der Waals surface area contributed by atoms with E-state index in [0.29, 0.717) is 12.2 Å². The Hall–Kier alpha value is -2.36. The smallest absolute Gasteiger partial charge is 0.269 e. The van der Waals surface area contributed by atoms with E-state index in [1.807, 2.05) is 37.4 Å². The minimum absolute atomic E-state index is 0.101. The van der Waals surface area contributed by atoms with Gasteiger partial charge >= 0.3 is 0 Å². The molecule has 1 heterocycles. The van der Waals surface area contributed by atoms with Gasteiger partial charge in [-0.2, -0.15) is 0 Å². The number of pyridine rings is 1. The number of nitrogens with one attached hydrogen (secondary N) is 1. The van der Waals surface area contributed by atoms with Gasteiger partial charge in [-0.05, 0) is 24.1 Å². The quantitative estimate of drug-likeness (QED) is 0.757. The zero-order valence-corrected chi connectivity index (χ0v) is 14.0. The van der Waals surface area contributed by atoms with Gasteiger partial charge in [0.25, 0.3) is 5.91 Å². The van der Waals surface area contributed by atoms with Crippen LogP contribution >= 0.6 is 0 Å². The minimum Gasteiger partial charge on any atom is -0.370 e. The van der Waals surface area contributed by atoms with Gasteiger partial charge in [0, 0.05) is 32.0 Å². The molecule has 1 amide bonds. The van der Waals surface area contributed by atoms with Crippen molar-refractivity contribution in [2.45, 2.75) is 32.7 Å². The molecule has 0 saturated heterocycles. The summed E-state index contributed by atoms with van der Waals surface area (Å²) in [6, 6.07) is 14.0. The number of carbonyl (C=O) groups excluding carboxylic acids is 1. The molecule has 1 aromatic carbocycles. The standard InChI is InChI=1S/C19H25N3O/c1-3-4-8-12-21-19(23)18-14-17(11-13-20-18)22(2)15-16-9-6-5-7-10-16/h5-7,9-11,13-14H,3-4,8,12,15H2,1-2H3,(H,21,23). The number of hydrogen-bond acceptors (Lipinski definition) is 3. The van der Waals surface area contributed by atoms with Gasteiger partial charge in [-0.15, -0.1) is 0 Å². The molecule has 4 heteroatoms. The first-order valence-corrected chi connectivity index (χ1v) is 8.20. The Morgan fingerprint density at radius 2 is 1.96 bits per heavy atom. The van der Waals surface area contributed by atoms with E-state index >= 15 is 0 Å². The lowest BCUT2D eigenvalue weighted by atomic mass is 10.2. The van der Waals surface area contributed by atoms with E-state index in [0.717, 1.165) is 31.5 Å². The average Bonchev–Trinajstić information content (AvgIpc) is 2.59. The van der Waals surface area contributed by atoms with Gasteiger partial charge in [0.15, 0.2) is 0 Å². The molecule has 0 aliphatic heterocycles. The highest BCUT2D eigenvalue weighted by Crippen LogP contribution is 2.16. The van der Waals surface area contributed by atoms with Crippen LogP contribution in [-0.4, -0.2) is 24.5 Å². The molecule has 0 spiro atoms. The molecular weight excluding hydrogens is 286 g/mol. The minimum atomic E-state index is -0.101. The van der Waals surface area contributed by atoms with Crippen LogP contribution in [0.3, 0.4) is 0 Å². The Labute approximate surface area is 138 Å². The molecule has 0 bridgehead atoms. The Morgan fingerprint density at radius 1 is 1.17 bits per heavy atom. The first kappa shape index (κ1) is 17.0. The normalized spacial score (nSPS) is 10.3. The molecule has 0 aliphatic carbocycles. The molecule has 0 fully saturated rings. The third-order valence-corrected chi connectivity index (χ3v) is 3.75. The Bertz CT molecular complexity index is 613. The summed E-state index contributed by atoms with van der Waals surface area (Å²) in [5.74, 6) is -0.101. The number of amides is 1. The van der Waals surface area contributed by atoms with E-state index in [2.05, 4.69) is 34.3 Å². The fraction of sp³-hybridized carbons (Fsp3) is 0.368. The first-order chi connectivity index (χ1) is 11.2. The maximum absolute atomic E-state index is 12.1. The fourth-order valence-corrected chi connectivity index (χ4v) is 2.40. The molecular formula is C19H25N3O. The molecule has 2 rings (SSSR count). The lowest BCUT2D eigenvalue weighted by molar-refractivity contribution is 0.0948. The van der Waals surface area contributed by atoms with Crippen LogP contribution < -0.4 is 10.2 Å². The van der Waals surface area contributed by atoms with Crippen LogP contribution in [0.1, 0.15) is 42.2 Å². The van der Waals surface area contributed by atoms with Gasteiger partial charge in [-0.3, -0.25) is 9.78 Å². The van der Waals surface area contributed by atoms with E-state index in [9.17, 15) is 4.79 Å². The van der Waals surface area contributed by atoms with Crippen molar-refractivity contribution in [3.05, 3.63) is 59.9 Å². The monoisotopic (exact) mass is 311 g/mol. The van der Waals surface area contributed by atoms with Crippen LogP contribution in [0, 0.1) is 0 Å². The van der Waals surface area contributed by atoms with E-state index in [4.69, 9.17) is 0 Å². The highest BCUT2D eigenvalue weighted by atomic mass is 16.1. The Kier molecular flexibility index (Phi) is 6.60. The summed E-state index contributed by atoms with van der Waals surface area (Å²) < 4.78 is 0. The lowest BCUT2D eigenvalue weighted by Crippen LogP contribution is -2.26. The van der Waals surface area contributed by atoms with E-state index < -0.39 is 0 Å². The highest BCUT2D eigenvalue weighted by molar-refractivity contribution is 5.93. The number of aromatic nitrogens is 1. The summed E-state index contributed by atoms with van der Waals surface area (Å²) >= 11 is 0. The van der Waals surface area contributed by atoms with Crippen molar-refractivity contribution in [2.24, 2.45) is 0 Å². The van der Waals surface area contributed by atoms with Crippen molar-refractivity contribution in [1.82, 2.24) is 10.3 Å². The van der Waals surface area contributed by atoms with Crippen molar-refractivity contribution in [1.29, 1.82) is 0 Å². The highest BCUT2D eigenvalue weighted by Gasteiger charge is 2.09. The van der Waals surface area contributed by atoms with Crippen molar-refractivity contribution in [2.75, 3.05) is 18.5 Å². The molecule has 1 N–H and O–H groups in total. The van der Waals surface area contributed by atoms with Gasteiger partial charge in [0.1, 0.15) is 5.69 Å². The number of hydrogen-bond donors (Lipinski definition) is 1. The van der Waals surface area contributed by atoms with Gasteiger partial charge in [0.05, 0.1) is 0 Å². The van der Waals surface area contributed by atoms with E-state index in [1.165, 1.54) is 5.56 Å². The SMILES string of the molecule is CCCCCNC(=O)c1cc(N(C)Cc2ccccc2)ccn1. The number of anilines is 1. The molecule has 122 valence electrons. The molecule has 23 heavy (non-hydrogen) atoms. The summed E-state index contributed by atoms with van der Waals surface area (Å²) in [6.45, 7) is 3.65. The van der Waals surface area contributed by atoms with Crippen LogP contribution in [0.25, 0.3) is 0 Å². The lowest BCUT2D eigenvalue weighted by Gasteiger charge is -2.19. The summed E-state index contributed by atoms with van der Waals surface area (Å²) in [5, 5.41) is 2.93. The second kappa shape index (κ2) is 8.93. The first-order valence-electron chi connectivity index (χ1n) is 8.20. The molecule has 0 atom stereocenters. The zero-order chi connectivity index (χ0) is 16.5. The van der Waals surface area contributed by atoms with E-state index in [1.54, 1.807) is 6.20 Å². The van der Waals surface area contributed by atoms with Gasteiger partial charge < -0.3 is 10.2 Å². The van der Waals surface area contributed by atoms with Crippen molar-refractivity contribution in [3.8, 4) is 0 Å². The molecule has 0 saturated carbocycles. The van der Waals surface area contributed by atoms with E-state index in [-0.39, 0.29) is 5.91 Å². The largest absolute Gasteiger partial charge is 0.370 e. The predicted octanol–water partition coefficient (Wildman–Crippen LogP) is 3.64. The Balaban J connectivity index is 1.97. The Morgan fingerprint density at radius 3 is 2.70 bits per heavy atom. The summed E-state index contributed by atoms with van der Waals surface area (Å²) in [6.07, 6.45) is 4.98. The van der Waals surface area contributed by atoms with Crippen molar-refractivity contribution < 1.29 is 4.79 Å². The average molecular weight is 311 g/mol. The summed E-state index contributed by atoms with van der Waals surface area (Å²) in [5.41, 5.74) is 2.69. The van der Waals surface area contributed by atoms with Crippen LogP contribution in [-0.2, 0) is 6.54 Å². The van der Waals surface area contributed by atoms with Gasteiger partial charge in [0.2, 0.25) is 0 Å². The number of nitrogens with zero attached hydrogens (tertiary/aromatic N) is 2. The maximum Gasteiger partial charge on any atom is 0.269 e. The predicted molar refractivity (Wildman–Crippen MR) is 94.6 cm³/mol. The molecule has 2 aromatic rings. The third-order valence-electron chi connectivity index (χ3n) is 3.75. The maximum atomic E-state index is 12.1. The van der Waals surface area contributed by atoms with Crippen LogP contribution in [0.2, 0.25) is 0 Å². The van der Waals surface area contributed by atoms with Crippen LogP contribution in [0.15, 0.2) is 48.7 Å². The number of unbranched alkanes of at least 4 members (excludes halogenated alkanes) is 2. The number of rotatable bonds is 8. The van der Waals surface area contributed by atoms with Crippen molar-refractivity contribution >= 4 is 11.6 Å². The summed E-state index contributed by atoms with van der Waals surface area (Å²) in [4.78, 5) is 18.5. The van der Waals surface area contributed by atoms with Gasteiger partial charge in [-0.25, -0.2) is 0 Å². The topological polar surface area (TPSA) is 45.2 Å². The molecule has 0 unspecified atom stereocenters. The molecule has 1 aromatic heterocycles. The summed E-state index contributed by atoms with van der Waals surface area (Å²) in [7, 11) is 2.02. The van der Waals surface area contributed by atoms with Crippen LogP contribution in [0.5, 0.6) is 0 Å². The second-order valence-electron chi connectivity index (χ2n) is 5.70. The molecule has 0 radical (unpaired) electrons. The zero-order valence-electron chi connectivity index (χ0n) is 14.0. The molecule has 0 aliphatic rings. The second-order valence-corrected chi connectivity index (χ2v) is 5.70. The molecule has 4 nitrogen and oxygen atoms in total. The number of carbonyl (C=O) groups is 1. The fourth-order valence-electron chi connectivity index (χ4n) is 2.40. The number of benzene rings is 1. The van der Waals surface area contributed by atoms with Gasteiger partial charge in [-0.1, -0.05) is 50.1 Å². The third kappa shape index (κ3) is 5.40. The van der Waals surface area contributed by atoms with Crippen LogP contribution in [0.4, 0.5) is 5.69 Å².